The zero-order valence-electron chi connectivity index (χ0n) is 16.5. The minimum Gasteiger partial charge on any atom is -0.392 e. The third-order valence-corrected chi connectivity index (χ3v) is 8.31. The van der Waals surface area contributed by atoms with E-state index >= 15 is 0 Å². The number of fused-ring (bicyclic) bond motifs is 2. The van der Waals surface area contributed by atoms with Gasteiger partial charge in [-0.15, -0.1) is 0 Å². The Bertz CT molecular complexity index is 651. The molecule has 1 saturated heterocycles. The summed E-state index contributed by atoms with van der Waals surface area (Å²) in [7, 11) is 0. The van der Waals surface area contributed by atoms with E-state index in [2.05, 4.69) is 33.8 Å². The quantitative estimate of drug-likeness (QED) is 0.533. The molecule has 3 N–H and O–H groups in total. The number of epoxide rings is 1. The Morgan fingerprint density at radius 1 is 1.19 bits per heavy atom. The highest BCUT2D eigenvalue weighted by molar-refractivity contribution is 5.33. The molecule has 26 heavy (non-hydrogen) atoms. The van der Waals surface area contributed by atoms with Gasteiger partial charge in [0, 0.05) is 0 Å². The third-order valence-electron chi connectivity index (χ3n) is 8.31. The van der Waals surface area contributed by atoms with Crippen molar-refractivity contribution in [2.45, 2.75) is 83.7 Å². The van der Waals surface area contributed by atoms with Gasteiger partial charge >= 0.3 is 0 Å². The zero-order chi connectivity index (χ0) is 18.9. The van der Waals surface area contributed by atoms with Crippen molar-refractivity contribution in [1.82, 2.24) is 0 Å². The van der Waals surface area contributed by atoms with Crippen molar-refractivity contribution in [2.75, 3.05) is 6.61 Å². The summed E-state index contributed by atoms with van der Waals surface area (Å²) in [6.07, 6.45) is 7.70. The maximum Gasteiger partial charge on any atom is 0.128 e. The molecular formula is C22H34O4. The molecule has 4 heteroatoms. The Balaban J connectivity index is 1.65. The standard InChI is InChI=1S/C22H34O4/c1-13-6-7-16-20(2,3)8-5-9-21(16,4)15(13)11-22-17(24)10-14(12-23)18(25)19(22)26-22/h6,10,15-19,23-25H,5,7-9,11-12H2,1-4H3/t15-,16+,17+,18+,19-,21+,22+/m1/s1. The van der Waals surface area contributed by atoms with Crippen LogP contribution in [0.15, 0.2) is 23.3 Å². The number of hydrogen-bond donors (Lipinski definition) is 3. The fraction of sp³-hybridized carbons (Fsp3) is 0.818. The molecule has 7 atom stereocenters. The van der Waals surface area contributed by atoms with Gasteiger partial charge in [-0.25, -0.2) is 0 Å². The molecule has 0 aromatic heterocycles. The van der Waals surface area contributed by atoms with E-state index in [9.17, 15) is 15.3 Å². The second kappa shape index (κ2) is 5.91. The first-order chi connectivity index (χ1) is 12.2. The highest BCUT2D eigenvalue weighted by atomic mass is 16.6. The molecule has 0 radical (unpaired) electrons. The summed E-state index contributed by atoms with van der Waals surface area (Å²) < 4.78 is 5.96. The minimum atomic E-state index is -0.803. The van der Waals surface area contributed by atoms with Crippen molar-refractivity contribution in [2.24, 2.45) is 22.7 Å². The first-order valence-electron chi connectivity index (χ1n) is 10.2. The van der Waals surface area contributed by atoms with Crippen LogP contribution in [0.3, 0.4) is 0 Å². The van der Waals surface area contributed by atoms with E-state index < -0.39 is 23.9 Å². The smallest absolute Gasteiger partial charge is 0.128 e. The Morgan fingerprint density at radius 3 is 2.62 bits per heavy atom. The molecule has 0 amide bonds. The Hall–Kier alpha value is -0.680. The minimum absolute atomic E-state index is 0.206. The monoisotopic (exact) mass is 362 g/mol. The molecule has 0 aromatic rings. The van der Waals surface area contributed by atoms with Gasteiger partial charge in [-0.05, 0) is 66.9 Å². The van der Waals surface area contributed by atoms with E-state index in [1.807, 2.05) is 0 Å². The first-order valence-corrected chi connectivity index (χ1v) is 10.2. The van der Waals surface area contributed by atoms with E-state index in [4.69, 9.17) is 4.74 Å². The molecule has 4 aliphatic rings. The van der Waals surface area contributed by atoms with Crippen LogP contribution in [-0.4, -0.2) is 45.8 Å². The van der Waals surface area contributed by atoms with Crippen LogP contribution in [0.2, 0.25) is 0 Å². The van der Waals surface area contributed by atoms with E-state index in [1.165, 1.54) is 24.8 Å². The SMILES string of the molecule is CC1=CC[C@H]2C(C)(C)CCC[C@@]2(C)[C@@H]1C[C@@]12O[C@@H]1[C@@H](O)C(CO)=C[C@@H]2O. The predicted octanol–water partition coefficient (Wildman–Crippen LogP) is 2.97. The fourth-order valence-corrected chi connectivity index (χ4v) is 6.69. The van der Waals surface area contributed by atoms with Gasteiger partial charge in [0.25, 0.3) is 0 Å². The molecule has 0 unspecified atom stereocenters. The number of allylic oxidation sites excluding steroid dienone is 2. The van der Waals surface area contributed by atoms with Crippen LogP contribution < -0.4 is 0 Å². The van der Waals surface area contributed by atoms with Crippen LogP contribution >= 0.6 is 0 Å². The lowest BCUT2D eigenvalue weighted by molar-refractivity contribution is -0.0506. The average Bonchev–Trinajstić information content (AvgIpc) is 3.30. The molecule has 4 rings (SSSR count). The Kier molecular flexibility index (Phi) is 4.24. The zero-order valence-corrected chi connectivity index (χ0v) is 16.5. The number of hydrogen-bond acceptors (Lipinski definition) is 4. The summed E-state index contributed by atoms with van der Waals surface area (Å²) in [5.74, 6) is 0.997. The summed E-state index contributed by atoms with van der Waals surface area (Å²) in [6, 6.07) is 0. The molecule has 1 aliphatic heterocycles. The van der Waals surface area contributed by atoms with Crippen LogP contribution in [0.4, 0.5) is 0 Å². The largest absolute Gasteiger partial charge is 0.392 e. The second-order valence-corrected chi connectivity index (χ2v) is 10.1. The van der Waals surface area contributed by atoms with Crippen molar-refractivity contribution >= 4 is 0 Å². The normalized spacial score (nSPS) is 49.6. The van der Waals surface area contributed by atoms with Crippen LogP contribution in [0, 0.1) is 22.7 Å². The van der Waals surface area contributed by atoms with Gasteiger partial charge < -0.3 is 20.1 Å². The topological polar surface area (TPSA) is 73.2 Å². The third kappa shape index (κ3) is 2.49. The molecule has 2 fully saturated rings. The lowest BCUT2D eigenvalue weighted by Crippen LogP contribution is -2.51. The Morgan fingerprint density at radius 2 is 1.92 bits per heavy atom. The van der Waals surface area contributed by atoms with Gasteiger partial charge in [-0.1, -0.05) is 38.8 Å². The van der Waals surface area contributed by atoms with Crippen molar-refractivity contribution in [1.29, 1.82) is 0 Å². The van der Waals surface area contributed by atoms with Gasteiger partial charge in [0.1, 0.15) is 23.9 Å². The van der Waals surface area contributed by atoms with Crippen LogP contribution in [0.5, 0.6) is 0 Å². The molecule has 0 aromatic carbocycles. The van der Waals surface area contributed by atoms with E-state index in [-0.39, 0.29) is 12.0 Å². The lowest BCUT2D eigenvalue weighted by Gasteiger charge is -2.57. The molecule has 0 bridgehead atoms. The van der Waals surface area contributed by atoms with E-state index in [1.54, 1.807) is 6.08 Å². The van der Waals surface area contributed by atoms with Gasteiger partial charge in [-0.2, -0.15) is 0 Å². The van der Waals surface area contributed by atoms with Crippen LogP contribution in [0.1, 0.15) is 59.8 Å². The van der Waals surface area contributed by atoms with E-state index in [0.717, 1.165) is 12.8 Å². The summed E-state index contributed by atoms with van der Waals surface area (Å²) in [5, 5.41) is 30.6. The summed E-state index contributed by atoms with van der Waals surface area (Å²) >= 11 is 0. The lowest BCUT2D eigenvalue weighted by atomic mass is 9.47. The number of aliphatic hydroxyl groups is 3. The fourth-order valence-electron chi connectivity index (χ4n) is 6.69. The molecule has 146 valence electrons. The molecule has 1 heterocycles. The second-order valence-electron chi connectivity index (χ2n) is 10.1. The number of aliphatic hydroxyl groups excluding tert-OH is 3. The van der Waals surface area contributed by atoms with Gasteiger partial charge in [0.05, 0.1) is 6.61 Å². The average molecular weight is 363 g/mol. The summed E-state index contributed by atoms with van der Waals surface area (Å²) in [5.41, 5.74) is 1.73. The highest BCUT2D eigenvalue weighted by Crippen LogP contribution is 2.63. The van der Waals surface area contributed by atoms with Gasteiger partial charge in [0.2, 0.25) is 0 Å². The maximum absolute atomic E-state index is 10.7. The number of ether oxygens (including phenoxy) is 1. The van der Waals surface area contributed by atoms with Crippen molar-refractivity contribution < 1.29 is 20.1 Å². The predicted molar refractivity (Wildman–Crippen MR) is 100 cm³/mol. The van der Waals surface area contributed by atoms with Crippen LogP contribution in [0.25, 0.3) is 0 Å². The van der Waals surface area contributed by atoms with Crippen LogP contribution in [-0.2, 0) is 4.74 Å². The Labute approximate surface area is 156 Å². The summed E-state index contributed by atoms with van der Waals surface area (Å²) in [4.78, 5) is 0. The summed E-state index contributed by atoms with van der Waals surface area (Å²) in [6.45, 7) is 9.25. The number of rotatable bonds is 3. The molecule has 1 saturated carbocycles. The molecule has 4 nitrogen and oxygen atoms in total. The molecule has 0 spiro atoms. The van der Waals surface area contributed by atoms with Crippen molar-refractivity contribution in [3.8, 4) is 0 Å². The highest BCUT2D eigenvalue weighted by Gasteiger charge is 2.68. The van der Waals surface area contributed by atoms with Crippen molar-refractivity contribution in [3.05, 3.63) is 23.3 Å². The molecule has 3 aliphatic carbocycles. The first kappa shape index (κ1) is 18.7. The van der Waals surface area contributed by atoms with Crippen molar-refractivity contribution in [3.63, 3.8) is 0 Å². The van der Waals surface area contributed by atoms with Gasteiger partial charge in [-0.3, -0.25) is 0 Å². The molecular weight excluding hydrogens is 328 g/mol. The van der Waals surface area contributed by atoms with Gasteiger partial charge in [0.15, 0.2) is 0 Å². The van der Waals surface area contributed by atoms with E-state index in [0.29, 0.717) is 22.8 Å². The maximum atomic E-state index is 10.7.